The maximum Gasteiger partial charge on any atom is 0.433 e. The third kappa shape index (κ3) is 4.34. The topological polar surface area (TPSA) is 94.0 Å². The number of halogens is 3. The van der Waals surface area contributed by atoms with E-state index in [1.165, 1.54) is 7.11 Å². The largest absolute Gasteiger partial charge is 0.494 e. The minimum absolute atomic E-state index is 0.0485. The molecule has 0 saturated heterocycles. The summed E-state index contributed by atoms with van der Waals surface area (Å²) in [5.41, 5.74) is -1.05. The van der Waals surface area contributed by atoms with Crippen molar-refractivity contribution in [3.05, 3.63) is 29.6 Å². The summed E-state index contributed by atoms with van der Waals surface area (Å²) in [6.07, 6.45) is -2.31. The molecular weight excluding hydrogens is 377 g/mol. The SMILES string of the molecule is COc1cc(C(F)(F)F)ncc1NC(=O)N[C@H]1CCc2nc(C(C)C)nn2C1. The van der Waals surface area contributed by atoms with E-state index in [0.717, 1.165) is 23.9 Å². The number of carbonyl (C=O) groups excluding carboxylic acids is 1. The fourth-order valence-corrected chi connectivity index (χ4v) is 2.89. The molecule has 0 radical (unpaired) electrons. The highest BCUT2D eigenvalue weighted by molar-refractivity contribution is 5.90. The van der Waals surface area contributed by atoms with Gasteiger partial charge in [-0.3, -0.25) is 0 Å². The van der Waals surface area contributed by atoms with Gasteiger partial charge in [-0.2, -0.15) is 18.3 Å². The van der Waals surface area contributed by atoms with Gasteiger partial charge in [0, 0.05) is 18.4 Å². The monoisotopic (exact) mass is 398 g/mol. The van der Waals surface area contributed by atoms with E-state index in [0.29, 0.717) is 19.4 Å². The van der Waals surface area contributed by atoms with Crippen LogP contribution < -0.4 is 15.4 Å². The van der Waals surface area contributed by atoms with Crippen molar-refractivity contribution >= 4 is 11.7 Å². The molecule has 0 bridgehead atoms. The fourth-order valence-electron chi connectivity index (χ4n) is 2.89. The number of alkyl halides is 3. The predicted molar refractivity (Wildman–Crippen MR) is 94.2 cm³/mol. The van der Waals surface area contributed by atoms with E-state index in [9.17, 15) is 18.0 Å². The molecule has 1 aliphatic rings. The average molecular weight is 398 g/mol. The lowest BCUT2D eigenvalue weighted by Gasteiger charge is -2.23. The Morgan fingerprint density at radius 3 is 2.79 bits per heavy atom. The number of nitrogens with zero attached hydrogens (tertiary/aromatic N) is 4. The lowest BCUT2D eigenvalue weighted by Crippen LogP contribution is -2.43. The van der Waals surface area contributed by atoms with E-state index in [1.807, 2.05) is 13.8 Å². The van der Waals surface area contributed by atoms with Gasteiger partial charge in [-0.05, 0) is 6.42 Å². The quantitative estimate of drug-likeness (QED) is 0.826. The molecule has 0 spiro atoms. The van der Waals surface area contributed by atoms with Crippen LogP contribution in [0.15, 0.2) is 12.3 Å². The number of fused-ring (bicyclic) bond motifs is 1. The third-order valence-corrected chi connectivity index (χ3v) is 4.35. The number of aryl methyl sites for hydroxylation is 1. The zero-order valence-corrected chi connectivity index (χ0v) is 15.7. The fraction of sp³-hybridized carbons (Fsp3) is 0.529. The molecule has 2 aromatic rings. The summed E-state index contributed by atoms with van der Waals surface area (Å²) in [5.74, 6) is 1.74. The van der Waals surface area contributed by atoms with E-state index in [4.69, 9.17) is 4.74 Å². The number of nitrogens with one attached hydrogen (secondary N) is 2. The standard InChI is InChI=1S/C17H21F3N6O2/c1-9(2)15-24-14-5-4-10(8-26(14)25-15)22-16(27)23-11-7-21-13(17(18,19)20)6-12(11)28-3/h6-7,9-10H,4-5,8H2,1-3H3,(H2,22,23,27)/t10-/m0/s1. The molecule has 0 aromatic carbocycles. The van der Waals surface area contributed by atoms with Crippen LogP contribution in [-0.4, -0.2) is 38.9 Å². The Morgan fingerprint density at radius 1 is 1.39 bits per heavy atom. The van der Waals surface area contributed by atoms with Crippen LogP contribution in [0.3, 0.4) is 0 Å². The molecule has 11 heteroatoms. The molecule has 28 heavy (non-hydrogen) atoms. The number of rotatable bonds is 4. The molecule has 2 aromatic heterocycles. The molecule has 3 heterocycles. The first kappa shape index (κ1) is 19.9. The highest BCUT2D eigenvalue weighted by atomic mass is 19.4. The summed E-state index contributed by atoms with van der Waals surface area (Å²) >= 11 is 0. The van der Waals surface area contributed by atoms with Crippen molar-refractivity contribution in [3.8, 4) is 5.75 Å². The second kappa shape index (κ2) is 7.64. The van der Waals surface area contributed by atoms with E-state index < -0.39 is 17.9 Å². The Kier molecular flexibility index (Phi) is 5.43. The molecule has 152 valence electrons. The Morgan fingerprint density at radius 2 is 2.14 bits per heavy atom. The number of anilines is 1. The molecular formula is C17H21F3N6O2. The lowest BCUT2D eigenvalue weighted by atomic mass is 10.1. The number of methoxy groups -OCH3 is 1. The van der Waals surface area contributed by atoms with E-state index in [-0.39, 0.29) is 23.4 Å². The van der Waals surface area contributed by atoms with E-state index in [1.54, 1.807) is 4.68 Å². The van der Waals surface area contributed by atoms with Crippen molar-refractivity contribution in [2.45, 2.75) is 51.4 Å². The van der Waals surface area contributed by atoms with Crippen molar-refractivity contribution in [2.24, 2.45) is 0 Å². The molecule has 2 amide bonds. The van der Waals surface area contributed by atoms with Crippen LogP contribution in [0, 0.1) is 0 Å². The number of aromatic nitrogens is 4. The van der Waals surface area contributed by atoms with Gasteiger partial charge in [0.25, 0.3) is 0 Å². The summed E-state index contributed by atoms with van der Waals surface area (Å²) in [7, 11) is 1.22. The minimum Gasteiger partial charge on any atom is -0.494 e. The van der Waals surface area contributed by atoms with Gasteiger partial charge in [0.1, 0.15) is 23.0 Å². The van der Waals surface area contributed by atoms with Gasteiger partial charge in [-0.15, -0.1) is 0 Å². The number of hydrogen-bond acceptors (Lipinski definition) is 5. The van der Waals surface area contributed by atoms with Crippen LogP contribution in [0.25, 0.3) is 0 Å². The van der Waals surface area contributed by atoms with Gasteiger partial charge in [0.2, 0.25) is 0 Å². The number of ether oxygens (including phenoxy) is 1. The van der Waals surface area contributed by atoms with Crippen LogP contribution >= 0.6 is 0 Å². The summed E-state index contributed by atoms with van der Waals surface area (Å²) in [5, 5.41) is 9.73. The maximum absolute atomic E-state index is 12.7. The zero-order chi connectivity index (χ0) is 20.5. The molecule has 2 N–H and O–H groups in total. The molecule has 0 aliphatic carbocycles. The van der Waals surface area contributed by atoms with Crippen molar-refractivity contribution < 1.29 is 22.7 Å². The van der Waals surface area contributed by atoms with Crippen LogP contribution in [0.4, 0.5) is 23.7 Å². The third-order valence-electron chi connectivity index (χ3n) is 4.35. The summed E-state index contributed by atoms with van der Waals surface area (Å²) in [6.45, 7) is 4.50. The van der Waals surface area contributed by atoms with Crippen LogP contribution in [0.1, 0.15) is 43.5 Å². The van der Waals surface area contributed by atoms with Gasteiger partial charge in [0.15, 0.2) is 5.82 Å². The van der Waals surface area contributed by atoms with Crippen molar-refractivity contribution in [2.75, 3.05) is 12.4 Å². The number of urea groups is 1. The van der Waals surface area contributed by atoms with Crippen LogP contribution in [-0.2, 0) is 19.1 Å². The van der Waals surface area contributed by atoms with Crippen LogP contribution in [0.2, 0.25) is 0 Å². The summed E-state index contributed by atoms with van der Waals surface area (Å²) in [4.78, 5) is 20.1. The van der Waals surface area contributed by atoms with Gasteiger partial charge < -0.3 is 15.4 Å². The number of carbonyl (C=O) groups is 1. The second-order valence-electron chi connectivity index (χ2n) is 6.82. The second-order valence-corrected chi connectivity index (χ2v) is 6.82. The van der Waals surface area contributed by atoms with E-state index in [2.05, 4.69) is 25.7 Å². The van der Waals surface area contributed by atoms with Crippen LogP contribution in [0.5, 0.6) is 5.75 Å². The Hall–Kier alpha value is -2.85. The highest BCUT2D eigenvalue weighted by Crippen LogP contribution is 2.33. The average Bonchev–Trinajstić information content (AvgIpc) is 3.04. The summed E-state index contributed by atoms with van der Waals surface area (Å²) < 4.78 is 45.0. The molecule has 1 aliphatic heterocycles. The molecule has 0 fully saturated rings. The van der Waals surface area contributed by atoms with Gasteiger partial charge >= 0.3 is 12.2 Å². The first-order valence-electron chi connectivity index (χ1n) is 8.79. The molecule has 0 saturated carbocycles. The zero-order valence-electron chi connectivity index (χ0n) is 15.7. The number of hydrogen-bond donors (Lipinski definition) is 2. The molecule has 8 nitrogen and oxygen atoms in total. The Labute approximate surface area is 159 Å². The van der Waals surface area contributed by atoms with Crippen molar-refractivity contribution in [1.29, 1.82) is 0 Å². The first-order chi connectivity index (χ1) is 13.2. The van der Waals surface area contributed by atoms with Crippen molar-refractivity contribution in [1.82, 2.24) is 25.1 Å². The smallest absolute Gasteiger partial charge is 0.433 e. The van der Waals surface area contributed by atoms with Gasteiger partial charge in [-0.25, -0.2) is 19.4 Å². The predicted octanol–water partition coefficient (Wildman–Crippen LogP) is 2.96. The van der Waals surface area contributed by atoms with Crippen molar-refractivity contribution in [3.63, 3.8) is 0 Å². The normalized spacial score (nSPS) is 16.6. The van der Waals surface area contributed by atoms with E-state index >= 15 is 0 Å². The van der Waals surface area contributed by atoms with Gasteiger partial charge in [0.05, 0.1) is 25.9 Å². The molecule has 3 rings (SSSR count). The lowest BCUT2D eigenvalue weighted by molar-refractivity contribution is -0.141. The minimum atomic E-state index is -4.60. The number of pyridine rings is 1. The Balaban J connectivity index is 1.64. The highest BCUT2D eigenvalue weighted by Gasteiger charge is 2.33. The number of amides is 2. The summed E-state index contributed by atoms with van der Waals surface area (Å²) in [6, 6.07) is 0.00542. The molecule has 0 unspecified atom stereocenters. The molecule has 1 atom stereocenters. The Bertz CT molecular complexity index is 865. The van der Waals surface area contributed by atoms with Gasteiger partial charge in [-0.1, -0.05) is 13.8 Å². The maximum atomic E-state index is 12.7. The first-order valence-corrected chi connectivity index (χ1v) is 8.79.